The molecular formula is C21H21N3O2. The second-order valence-electron chi connectivity index (χ2n) is 6.71. The molecule has 0 aromatic heterocycles. The second kappa shape index (κ2) is 7.09. The van der Waals surface area contributed by atoms with Crippen molar-refractivity contribution in [2.75, 3.05) is 31.1 Å². The van der Waals surface area contributed by atoms with Gasteiger partial charge in [0.15, 0.2) is 6.10 Å². The van der Waals surface area contributed by atoms with E-state index >= 15 is 0 Å². The van der Waals surface area contributed by atoms with Crippen LogP contribution in [0.15, 0.2) is 48.5 Å². The van der Waals surface area contributed by atoms with Crippen molar-refractivity contribution in [1.29, 1.82) is 5.26 Å². The number of amides is 1. The number of fused-ring (bicyclic) bond motifs is 1. The Labute approximate surface area is 153 Å². The number of hydrogen-bond donors (Lipinski definition) is 0. The minimum atomic E-state index is -0.412. The van der Waals surface area contributed by atoms with Crippen LogP contribution in [-0.4, -0.2) is 43.1 Å². The van der Waals surface area contributed by atoms with E-state index in [1.165, 1.54) is 0 Å². The number of para-hydroxylation sites is 2. The average molecular weight is 347 g/mol. The maximum atomic E-state index is 12.9. The van der Waals surface area contributed by atoms with Crippen LogP contribution >= 0.6 is 0 Å². The van der Waals surface area contributed by atoms with Crippen LogP contribution in [0.2, 0.25) is 0 Å². The Morgan fingerprint density at radius 1 is 1.04 bits per heavy atom. The molecule has 0 spiro atoms. The molecule has 5 heteroatoms. The van der Waals surface area contributed by atoms with Gasteiger partial charge in [0.1, 0.15) is 11.8 Å². The smallest absolute Gasteiger partial charge is 0.264 e. The van der Waals surface area contributed by atoms with Gasteiger partial charge in [0.2, 0.25) is 0 Å². The van der Waals surface area contributed by atoms with E-state index in [-0.39, 0.29) is 5.91 Å². The number of hydrogen-bond acceptors (Lipinski definition) is 4. The first-order valence-electron chi connectivity index (χ1n) is 9.03. The molecular weight excluding hydrogens is 326 g/mol. The number of anilines is 1. The van der Waals surface area contributed by atoms with Gasteiger partial charge in [-0.25, -0.2) is 0 Å². The highest BCUT2D eigenvalue weighted by Crippen LogP contribution is 2.29. The minimum absolute atomic E-state index is 0.0663. The molecule has 0 bridgehead atoms. The topological polar surface area (TPSA) is 56.6 Å². The lowest BCUT2D eigenvalue weighted by molar-refractivity contribution is -0.137. The normalized spacial score (nSPS) is 19.3. The molecule has 0 aliphatic carbocycles. The van der Waals surface area contributed by atoms with E-state index < -0.39 is 6.10 Å². The minimum Gasteiger partial charge on any atom is -0.480 e. The summed E-state index contributed by atoms with van der Waals surface area (Å²) in [5, 5.41) is 9.33. The number of ether oxygens (including phenoxy) is 1. The van der Waals surface area contributed by atoms with Gasteiger partial charge in [0, 0.05) is 32.6 Å². The lowest BCUT2D eigenvalue weighted by atomic mass is 10.1. The number of carbonyl (C=O) groups is 1. The Balaban J connectivity index is 1.43. The van der Waals surface area contributed by atoms with Crippen LogP contribution in [-0.2, 0) is 11.2 Å². The van der Waals surface area contributed by atoms with E-state index in [2.05, 4.69) is 11.0 Å². The van der Waals surface area contributed by atoms with Crippen LogP contribution in [0.3, 0.4) is 0 Å². The fourth-order valence-corrected chi connectivity index (χ4v) is 3.75. The van der Waals surface area contributed by atoms with Crippen LogP contribution in [0.5, 0.6) is 5.75 Å². The first kappa shape index (κ1) is 16.5. The monoisotopic (exact) mass is 347 g/mol. The molecule has 0 unspecified atom stereocenters. The van der Waals surface area contributed by atoms with Gasteiger partial charge in [-0.2, -0.15) is 5.26 Å². The van der Waals surface area contributed by atoms with Gasteiger partial charge in [0.05, 0.1) is 11.3 Å². The van der Waals surface area contributed by atoms with Gasteiger partial charge in [-0.05, 0) is 30.2 Å². The first-order chi connectivity index (χ1) is 12.8. The lowest BCUT2D eigenvalue weighted by Gasteiger charge is -2.25. The predicted octanol–water partition coefficient (Wildman–Crippen LogP) is 2.60. The van der Waals surface area contributed by atoms with Gasteiger partial charge in [0.25, 0.3) is 5.91 Å². The maximum absolute atomic E-state index is 12.9. The molecule has 4 rings (SSSR count). The quantitative estimate of drug-likeness (QED) is 0.838. The molecule has 1 fully saturated rings. The molecule has 0 saturated carbocycles. The Kier molecular flexibility index (Phi) is 4.49. The van der Waals surface area contributed by atoms with Crippen molar-refractivity contribution in [3.8, 4) is 11.8 Å². The SMILES string of the molecule is N#Cc1ccccc1N1CCCN(C(=O)[C@@H]2Cc3ccccc3O2)CC1. The Hall–Kier alpha value is -3.00. The summed E-state index contributed by atoms with van der Waals surface area (Å²) in [5.74, 6) is 0.891. The van der Waals surface area contributed by atoms with Gasteiger partial charge < -0.3 is 14.5 Å². The van der Waals surface area contributed by atoms with Crippen LogP contribution in [0.1, 0.15) is 17.5 Å². The predicted molar refractivity (Wildman–Crippen MR) is 99.1 cm³/mol. The van der Waals surface area contributed by atoms with Gasteiger partial charge >= 0.3 is 0 Å². The molecule has 5 nitrogen and oxygen atoms in total. The molecule has 1 atom stereocenters. The third-order valence-electron chi connectivity index (χ3n) is 5.10. The highest BCUT2D eigenvalue weighted by Gasteiger charge is 2.33. The van der Waals surface area contributed by atoms with Crippen LogP contribution < -0.4 is 9.64 Å². The highest BCUT2D eigenvalue weighted by molar-refractivity contribution is 5.82. The fraction of sp³-hybridized carbons (Fsp3) is 0.333. The molecule has 0 radical (unpaired) electrons. The highest BCUT2D eigenvalue weighted by atomic mass is 16.5. The Bertz CT molecular complexity index is 833. The standard InChI is InChI=1S/C21H21N3O2/c22-15-17-7-1-3-8-18(17)23-10-5-11-24(13-12-23)21(25)20-14-16-6-2-4-9-19(16)26-20/h1-4,6-9,20H,5,10-14H2/t20-/m0/s1. The molecule has 0 N–H and O–H groups in total. The first-order valence-corrected chi connectivity index (χ1v) is 9.03. The molecule has 2 aliphatic rings. The van der Waals surface area contributed by atoms with Crippen molar-refractivity contribution in [3.63, 3.8) is 0 Å². The van der Waals surface area contributed by atoms with Crippen molar-refractivity contribution in [2.24, 2.45) is 0 Å². The Morgan fingerprint density at radius 3 is 2.69 bits per heavy atom. The summed E-state index contributed by atoms with van der Waals surface area (Å²) in [5.41, 5.74) is 2.74. The van der Waals surface area contributed by atoms with Crippen molar-refractivity contribution < 1.29 is 9.53 Å². The fourth-order valence-electron chi connectivity index (χ4n) is 3.75. The van der Waals surface area contributed by atoms with Crippen molar-refractivity contribution >= 4 is 11.6 Å². The van der Waals surface area contributed by atoms with Crippen molar-refractivity contribution in [1.82, 2.24) is 4.90 Å². The molecule has 2 aromatic rings. The zero-order valence-corrected chi connectivity index (χ0v) is 14.6. The third-order valence-corrected chi connectivity index (χ3v) is 5.10. The van der Waals surface area contributed by atoms with Gasteiger partial charge in [-0.15, -0.1) is 0 Å². The summed E-state index contributed by atoms with van der Waals surface area (Å²) in [6.45, 7) is 2.94. The molecule has 1 saturated heterocycles. The third kappa shape index (κ3) is 3.11. The van der Waals surface area contributed by atoms with E-state index in [1.807, 2.05) is 53.4 Å². The van der Waals surface area contributed by atoms with E-state index in [0.717, 1.165) is 43.1 Å². The summed E-state index contributed by atoms with van der Waals surface area (Å²) in [6, 6.07) is 17.8. The zero-order chi connectivity index (χ0) is 17.9. The number of rotatable bonds is 2. The summed E-state index contributed by atoms with van der Waals surface area (Å²) in [6.07, 6.45) is 1.11. The van der Waals surface area contributed by atoms with Crippen LogP contribution in [0.4, 0.5) is 5.69 Å². The van der Waals surface area contributed by atoms with Crippen LogP contribution in [0.25, 0.3) is 0 Å². The van der Waals surface area contributed by atoms with Gasteiger partial charge in [-0.1, -0.05) is 30.3 Å². The maximum Gasteiger partial charge on any atom is 0.264 e. The van der Waals surface area contributed by atoms with E-state index in [4.69, 9.17) is 4.74 Å². The number of benzene rings is 2. The van der Waals surface area contributed by atoms with Gasteiger partial charge in [-0.3, -0.25) is 4.79 Å². The molecule has 2 heterocycles. The molecule has 1 amide bonds. The van der Waals surface area contributed by atoms with E-state index in [1.54, 1.807) is 0 Å². The molecule has 132 valence electrons. The zero-order valence-electron chi connectivity index (χ0n) is 14.6. The number of nitriles is 1. The summed E-state index contributed by atoms with van der Waals surface area (Å²) in [4.78, 5) is 17.0. The lowest BCUT2D eigenvalue weighted by Crippen LogP contribution is -2.43. The van der Waals surface area contributed by atoms with E-state index in [0.29, 0.717) is 18.5 Å². The number of nitrogens with zero attached hydrogens (tertiary/aromatic N) is 3. The average Bonchev–Trinajstić information content (AvgIpc) is 2.97. The number of carbonyl (C=O) groups excluding carboxylic acids is 1. The molecule has 2 aliphatic heterocycles. The Morgan fingerprint density at radius 2 is 1.85 bits per heavy atom. The summed E-state index contributed by atoms with van der Waals surface area (Å²) >= 11 is 0. The van der Waals surface area contributed by atoms with Crippen molar-refractivity contribution in [2.45, 2.75) is 18.9 Å². The van der Waals surface area contributed by atoms with Crippen LogP contribution in [0, 0.1) is 11.3 Å². The molecule has 26 heavy (non-hydrogen) atoms. The largest absolute Gasteiger partial charge is 0.480 e. The summed E-state index contributed by atoms with van der Waals surface area (Å²) in [7, 11) is 0. The summed E-state index contributed by atoms with van der Waals surface area (Å²) < 4.78 is 5.86. The van der Waals surface area contributed by atoms with E-state index in [9.17, 15) is 10.1 Å². The van der Waals surface area contributed by atoms with Crippen molar-refractivity contribution in [3.05, 3.63) is 59.7 Å². The molecule has 2 aromatic carbocycles. The second-order valence-corrected chi connectivity index (χ2v) is 6.71.